The molecule has 6 heteroatoms. The topological polar surface area (TPSA) is 18.5 Å². The Hall–Kier alpha value is -1.92. The SMILES string of the molecule is CCOCCC1CCC(c2ccc(-c3ccc(CCOC)c(F)c3F)c(F)c2F)CC1. The third-order valence-electron chi connectivity index (χ3n) is 6.30. The van der Waals surface area contributed by atoms with Crippen LogP contribution in [0, 0.1) is 29.2 Å². The van der Waals surface area contributed by atoms with Crippen molar-refractivity contribution in [2.24, 2.45) is 5.92 Å². The third-order valence-corrected chi connectivity index (χ3v) is 6.30. The zero-order valence-corrected chi connectivity index (χ0v) is 18.2. The molecule has 0 atom stereocenters. The Labute approximate surface area is 181 Å². The van der Waals surface area contributed by atoms with Crippen LogP contribution in [0.2, 0.25) is 0 Å². The molecule has 0 bridgehead atoms. The number of benzene rings is 2. The van der Waals surface area contributed by atoms with Crippen LogP contribution in [0.3, 0.4) is 0 Å². The summed E-state index contributed by atoms with van der Waals surface area (Å²) in [6, 6.07) is 5.57. The van der Waals surface area contributed by atoms with Crippen LogP contribution >= 0.6 is 0 Å². The van der Waals surface area contributed by atoms with E-state index in [4.69, 9.17) is 9.47 Å². The molecule has 0 aliphatic heterocycles. The first-order chi connectivity index (χ1) is 15.0. The summed E-state index contributed by atoms with van der Waals surface area (Å²) in [5, 5.41) is 0. The molecule has 2 aromatic carbocycles. The van der Waals surface area contributed by atoms with Gasteiger partial charge in [-0.15, -0.1) is 0 Å². The molecule has 0 aromatic heterocycles. The molecule has 31 heavy (non-hydrogen) atoms. The summed E-state index contributed by atoms with van der Waals surface area (Å²) in [6.45, 7) is 3.64. The van der Waals surface area contributed by atoms with Crippen LogP contribution < -0.4 is 0 Å². The van der Waals surface area contributed by atoms with E-state index in [2.05, 4.69) is 0 Å². The third kappa shape index (κ3) is 5.47. The number of hydrogen-bond donors (Lipinski definition) is 0. The lowest BCUT2D eigenvalue weighted by atomic mass is 9.77. The van der Waals surface area contributed by atoms with E-state index in [0.717, 1.165) is 38.7 Å². The van der Waals surface area contributed by atoms with E-state index in [9.17, 15) is 17.6 Å². The van der Waals surface area contributed by atoms with Gasteiger partial charge in [-0.1, -0.05) is 24.3 Å². The normalized spacial score (nSPS) is 19.0. The van der Waals surface area contributed by atoms with E-state index < -0.39 is 23.3 Å². The molecule has 2 nitrogen and oxygen atoms in total. The Morgan fingerprint density at radius 1 is 0.806 bits per heavy atom. The van der Waals surface area contributed by atoms with Crippen molar-refractivity contribution in [3.05, 3.63) is 58.7 Å². The van der Waals surface area contributed by atoms with Crippen LogP contribution in [-0.2, 0) is 15.9 Å². The maximum absolute atomic E-state index is 14.9. The molecule has 2 aromatic rings. The molecule has 0 amide bonds. The summed E-state index contributed by atoms with van der Waals surface area (Å²) >= 11 is 0. The molecule has 170 valence electrons. The maximum atomic E-state index is 14.9. The van der Waals surface area contributed by atoms with Gasteiger partial charge in [0.15, 0.2) is 23.3 Å². The van der Waals surface area contributed by atoms with E-state index in [1.165, 1.54) is 31.4 Å². The quantitative estimate of drug-likeness (QED) is 0.317. The van der Waals surface area contributed by atoms with Gasteiger partial charge in [-0.05, 0) is 68.4 Å². The molecule has 0 heterocycles. The number of hydrogen-bond acceptors (Lipinski definition) is 2. The maximum Gasteiger partial charge on any atom is 0.167 e. The molecule has 1 fully saturated rings. The van der Waals surface area contributed by atoms with Crippen molar-refractivity contribution in [3.63, 3.8) is 0 Å². The van der Waals surface area contributed by atoms with E-state index in [0.29, 0.717) is 18.1 Å². The van der Waals surface area contributed by atoms with E-state index in [1.807, 2.05) is 6.92 Å². The molecule has 1 aliphatic carbocycles. The van der Waals surface area contributed by atoms with Crippen molar-refractivity contribution < 1.29 is 27.0 Å². The van der Waals surface area contributed by atoms with Gasteiger partial charge in [0, 0.05) is 31.5 Å². The summed E-state index contributed by atoms with van der Waals surface area (Å²) < 4.78 is 69.1. The number of halogens is 4. The average molecular weight is 439 g/mol. The second-order valence-electron chi connectivity index (χ2n) is 8.18. The minimum absolute atomic E-state index is 0.0649. The second kappa shape index (κ2) is 11.1. The lowest BCUT2D eigenvalue weighted by molar-refractivity contribution is 0.123. The summed E-state index contributed by atoms with van der Waals surface area (Å²) in [5.74, 6) is -3.83. The van der Waals surface area contributed by atoms with Crippen molar-refractivity contribution in [2.75, 3.05) is 26.9 Å². The molecular weight excluding hydrogens is 408 g/mol. The minimum atomic E-state index is -1.17. The van der Waals surface area contributed by atoms with Crippen LogP contribution in [0.25, 0.3) is 11.1 Å². The summed E-state index contributed by atoms with van der Waals surface area (Å²) in [4.78, 5) is 0. The van der Waals surface area contributed by atoms with Gasteiger partial charge in [0.1, 0.15) is 0 Å². The van der Waals surface area contributed by atoms with E-state index in [1.54, 1.807) is 0 Å². The first-order valence-corrected chi connectivity index (χ1v) is 11.0. The molecule has 0 radical (unpaired) electrons. The standard InChI is InChI=1S/C25H30F4O2/c1-3-31-15-12-16-4-6-17(7-5-16)19-10-11-21(25(29)23(19)27)20-9-8-18(13-14-30-2)22(26)24(20)28/h8-11,16-17H,3-7,12-15H2,1-2H3. The Balaban J connectivity index is 1.77. The monoisotopic (exact) mass is 438 g/mol. The highest BCUT2D eigenvalue weighted by molar-refractivity contribution is 5.66. The summed E-state index contributed by atoms with van der Waals surface area (Å²) in [7, 11) is 1.47. The van der Waals surface area contributed by atoms with E-state index in [-0.39, 0.29) is 35.6 Å². The van der Waals surface area contributed by atoms with Crippen LogP contribution in [0.15, 0.2) is 24.3 Å². The van der Waals surface area contributed by atoms with Crippen molar-refractivity contribution in [1.29, 1.82) is 0 Å². The van der Waals surface area contributed by atoms with Crippen molar-refractivity contribution in [1.82, 2.24) is 0 Å². The fraction of sp³-hybridized carbons (Fsp3) is 0.520. The first-order valence-electron chi connectivity index (χ1n) is 11.0. The Kier molecular flexibility index (Phi) is 8.50. The Morgan fingerprint density at radius 3 is 2.10 bits per heavy atom. The summed E-state index contributed by atoms with van der Waals surface area (Å²) in [6.07, 6.45) is 4.64. The molecule has 0 unspecified atom stereocenters. The zero-order chi connectivity index (χ0) is 22.4. The molecule has 1 aliphatic rings. The fourth-order valence-electron chi connectivity index (χ4n) is 4.45. The van der Waals surface area contributed by atoms with Gasteiger partial charge in [0.2, 0.25) is 0 Å². The average Bonchev–Trinajstić information content (AvgIpc) is 2.78. The lowest BCUT2D eigenvalue weighted by Crippen LogP contribution is -2.16. The van der Waals surface area contributed by atoms with Crippen LogP contribution in [0.5, 0.6) is 0 Å². The smallest absolute Gasteiger partial charge is 0.167 e. The van der Waals surface area contributed by atoms with Gasteiger partial charge in [-0.2, -0.15) is 0 Å². The van der Waals surface area contributed by atoms with Gasteiger partial charge in [0.05, 0.1) is 6.61 Å². The molecular formula is C25H30F4O2. The zero-order valence-electron chi connectivity index (χ0n) is 18.2. The number of ether oxygens (including phenoxy) is 2. The van der Waals surface area contributed by atoms with Gasteiger partial charge >= 0.3 is 0 Å². The summed E-state index contributed by atoms with van der Waals surface area (Å²) in [5.41, 5.74) is -0.0774. The molecule has 3 rings (SSSR count). The van der Waals surface area contributed by atoms with E-state index >= 15 is 0 Å². The lowest BCUT2D eigenvalue weighted by Gasteiger charge is -2.29. The van der Waals surface area contributed by atoms with Crippen LogP contribution in [0.1, 0.15) is 56.1 Å². The van der Waals surface area contributed by atoms with Gasteiger partial charge in [0.25, 0.3) is 0 Å². The molecule has 1 saturated carbocycles. The first kappa shape index (κ1) is 23.7. The fourth-order valence-corrected chi connectivity index (χ4v) is 4.45. The Bertz CT molecular complexity index is 876. The molecule has 0 N–H and O–H groups in total. The van der Waals surface area contributed by atoms with Crippen molar-refractivity contribution in [2.45, 2.75) is 51.4 Å². The second-order valence-corrected chi connectivity index (χ2v) is 8.18. The largest absolute Gasteiger partial charge is 0.384 e. The molecule has 0 spiro atoms. The van der Waals surface area contributed by atoms with Crippen molar-refractivity contribution in [3.8, 4) is 11.1 Å². The molecule has 0 saturated heterocycles. The Morgan fingerprint density at radius 2 is 1.45 bits per heavy atom. The van der Waals surface area contributed by atoms with Gasteiger partial charge < -0.3 is 9.47 Å². The van der Waals surface area contributed by atoms with Crippen LogP contribution in [0.4, 0.5) is 17.6 Å². The van der Waals surface area contributed by atoms with Gasteiger partial charge in [-0.3, -0.25) is 0 Å². The van der Waals surface area contributed by atoms with Gasteiger partial charge in [-0.25, -0.2) is 17.6 Å². The predicted octanol–water partition coefficient (Wildman–Crippen LogP) is 6.80. The predicted molar refractivity (Wildman–Crippen MR) is 113 cm³/mol. The number of rotatable bonds is 9. The highest BCUT2D eigenvalue weighted by Gasteiger charge is 2.27. The van der Waals surface area contributed by atoms with Crippen LogP contribution in [-0.4, -0.2) is 26.9 Å². The highest BCUT2D eigenvalue weighted by Crippen LogP contribution is 2.40. The highest BCUT2D eigenvalue weighted by atomic mass is 19.2. The van der Waals surface area contributed by atoms with Crippen molar-refractivity contribution >= 4 is 0 Å². The minimum Gasteiger partial charge on any atom is -0.384 e. The number of methoxy groups -OCH3 is 1.